The van der Waals surface area contributed by atoms with Gasteiger partial charge in [-0.15, -0.1) is 0 Å². The van der Waals surface area contributed by atoms with Crippen LogP contribution in [0.1, 0.15) is 44.7 Å². The summed E-state index contributed by atoms with van der Waals surface area (Å²) < 4.78 is 5.47. The maximum Gasteiger partial charge on any atom is 0.410 e. The maximum atomic E-state index is 12.2. The van der Waals surface area contributed by atoms with E-state index in [4.69, 9.17) is 4.74 Å². The van der Waals surface area contributed by atoms with Crippen LogP contribution >= 0.6 is 0 Å². The molecular formula is C18H28N2O2. The van der Waals surface area contributed by atoms with Gasteiger partial charge >= 0.3 is 6.09 Å². The summed E-state index contributed by atoms with van der Waals surface area (Å²) >= 11 is 0. The fourth-order valence-electron chi connectivity index (χ4n) is 2.65. The van der Waals surface area contributed by atoms with Crippen LogP contribution in [0, 0.1) is 13.8 Å². The zero-order valence-corrected chi connectivity index (χ0v) is 14.4. The summed E-state index contributed by atoms with van der Waals surface area (Å²) in [6, 6.07) is 6.69. The van der Waals surface area contributed by atoms with E-state index in [9.17, 15) is 4.79 Å². The second-order valence-corrected chi connectivity index (χ2v) is 7.21. The minimum atomic E-state index is -0.439. The van der Waals surface area contributed by atoms with Crippen molar-refractivity contribution in [2.24, 2.45) is 0 Å². The van der Waals surface area contributed by atoms with Gasteiger partial charge in [0.2, 0.25) is 0 Å². The first-order valence-electron chi connectivity index (χ1n) is 8.06. The summed E-state index contributed by atoms with van der Waals surface area (Å²) in [6.07, 6.45) is 1.87. The topological polar surface area (TPSA) is 41.6 Å². The molecule has 1 unspecified atom stereocenters. The molecule has 1 atom stereocenters. The molecule has 1 amide bonds. The highest BCUT2D eigenvalue weighted by Gasteiger charge is 2.27. The van der Waals surface area contributed by atoms with E-state index in [-0.39, 0.29) is 12.1 Å². The normalized spacial score (nSPS) is 19.0. The van der Waals surface area contributed by atoms with Crippen LogP contribution < -0.4 is 5.32 Å². The van der Waals surface area contributed by atoms with E-state index in [1.807, 2.05) is 25.7 Å². The minimum absolute atomic E-state index is 0.209. The Morgan fingerprint density at radius 2 is 2.00 bits per heavy atom. The molecule has 0 bridgehead atoms. The van der Waals surface area contributed by atoms with Gasteiger partial charge < -0.3 is 15.0 Å². The van der Waals surface area contributed by atoms with Crippen LogP contribution in [-0.4, -0.2) is 35.7 Å². The quantitative estimate of drug-likeness (QED) is 0.894. The molecule has 1 aromatic carbocycles. The van der Waals surface area contributed by atoms with Gasteiger partial charge in [-0.25, -0.2) is 4.79 Å². The Labute approximate surface area is 133 Å². The van der Waals surface area contributed by atoms with Crippen LogP contribution in [0.15, 0.2) is 18.2 Å². The summed E-state index contributed by atoms with van der Waals surface area (Å²) in [5.41, 5.74) is 3.26. The molecule has 1 aliphatic rings. The molecule has 1 N–H and O–H groups in total. The number of amides is 1. The summed E-state index contributed by atoms with van der Waals surface area (Å²) in [5.74, 6) is 0. The third kappa shape index (κ3) is 4.65. The lowest BCUT2D eigenvalue weighted by atomic mass is 10.0. The Kier molecular flexibility index (Phi) is 4.99. The number of benzene rings is 1. The maximum absolute atomic E-state index is 12.2. The molecule has 1 fully saturated rings. The monoisotopic (exact) mass is 304 g/mol. The Hall–Kier alpha value is -1.71. The molecule has 1 saturated heterocycles. The zero-order valence-electron chi connectivity index (χ0n) is 14.4. The van der Waals surface area contributed by atoms with Gasteiger partial charge in [0, 0.05) is 24.8 Å². The van der Waals surface area contributed by atoms with Gasteiger partial charge in [0.05, 0.1) is 0 Å². The van der Waals surface area contributed by atoms with Crippen molar-refractivity contribution in [3.63, 3.8) is 0 Å². The average Bonchev–Trinajstić information content (AvgIpc) is 2.41. The van der Waals surface area contributed by atoms with Crippen molar-refractivity contribution in [2.45, 2.75) is 59.1 Å². The molecule has 2 rings (SSSR count). The van der Waals surface area contributed by atoms with Crippen LogP contribution in [0.2, 0.25) is 0 Å². The standard InChI is InChI=1S/C18H28N2O2/c1-13-8-9-15(11-14(13)2)19-16-7-6-10-20(12-16)17(21)22-18(3,4)5/h8-9,11,16,19H,6-7,10,12H2,1-5H3. The molecule has 4 nitrogen and oxygen atoms in total. The largest absolute Gasteiger partial charge is 0.444 e. The summed E-state index contributed by atoms with van der Waals surface area (Å²) in [6.45, 7) is 11.4. The first kappa shape index (κ1) is 16.7. The van der Waals surface area contributed by atoms with Crippen LogP contribution in [0.4, 0.5) is 10.5 Å². The van der Waals surface area contributed by atoms with Gasteiger partial charge in [-0.1, -0.05) is 6.07 Å². The third-order valence-corrected chi connectivity index (χ3v) is 3.95. The Morgan fingerprint density at radius 3 is 2.64 bits per heavy atom. The fraction of sp³-hybridized carbons (Fsp3) is 0.611. The lowest BCUT2D eigenvalue weighted by Gasteiger charge is -2.34. The number of hydrogen-bond donors (Lipinski definition) is 1. The Bertz CT molecular complexity index is 534. The summed E-state index contributed by atoms with van der Waals surface area (Å²) in [4.78, 5) is 14.0. The zero-order chi connectivity index (χ0) is 16.3. The number of hydrogen-bond acceptors (Lipinski definition) is 3. The third-order valence-electron chi connectivity index (χ3n) is 3.95. The van der Waals surface area contributed by atoms with Crippen molar-refractivity contribution in [1.82, 2.24) is 4.90 Å². The van der Waals surface area contributed by atoms with E-state index in [0.717, 1.165) is 25.1 Å². The predicted molar refractivity (Wildman–Crippen MR) is 90.4 cm³/mol. The first-order valence-corrected chi connectivity index (χ1v) is 8.06. The van der Waals surface area contributed by atoms with Crippen molar-refractivity contribution < 1.29 is 9.53 Å². The number of nitrogens with zero attached hydrogens (tertiary/aromatic N) is 1. The van der Waals surface area contributed by atoms with E-state index in [2.05, 4.69) is 37.4 Å². The number of aryl methyl sites for hydroxylation is 2. The van der Waals surface area contributed by atoms with Crippen LogP contribution in [0.25, 0.3) is 0 Å². The van der Waals surface area contributed by atoms with Gasteiger partial charge in [-0.3, -0.25) is 0 Å². The van der Waals surface area contributed by atoms with Crippen molar-refractivity contribution in [2.75, 3.05) is 18.4 Å². The van der Waals surface area contributed by atoms with E-state index in [1.165, 1.54) is 11.1 Å². The molecule has 22 heavy (non-hydrogen) atoms. The SMILES string of the molecule is Cc1ccc(NC2CCCN(C(=O)OC(C)(C)C)C2)cc1C. The molecule has 1 aromatic rings. The number of anilines is 1. The number of likely N-dealkylation sites (tertiary alicyclic amines) is 1. The summed E-state index contributed by atoms with van der Waals surface area (Å²) in [5, 5.41) is 3.55. The van der Waals surface area contributed by atoms with Crippen LogP contribution in [0.5, 0.6) is 0 Å². The molecule has 1 heterocycles. The molecule has 0 spiro atoms. The molecule has 0 radical (unpaired) electrons. The molecule has 122 valence electrons. The minimum Gasteiger partial charge on any atom is -0.444 e. The number of carbonyl (C=O) groups is 1. The second kappa shape index (κ2) is 6.59. The molecule has 0 aliphatic carbocycles. The predicted octanol–water partition coefficient (Wildman–Crippen LogP) is 4.11. The lowest BCUT2D eigenvalue weighted by Crippen LogP contribution is -2.46. The highest BCUT2D eigenvalue weighted by Crippen LogP contribution is 2.20. The summed E-state index contributed by atoms with van der Waals surface area (Å²) in [7, 11) is 0. The highest BCUT2D eigenvalue weighted by atomic mass is 16.6. The lowest BCUT2D eigenvalue weighted by molar-refractivity contribution is 0.0206. The molecular weight excluding hydrogens is 276 g/mol. The molecule has 0 saturated carbocycles. The Morgan fingerprint density at radius 1 is 1.27 bits per heavy atom. The fourth-order valence-corrected chi connectivity index (χ4v) is 2.65. The smallest absolute Gasteiger partial charge is 0.410 e. The van der Waals surface area contributed by atoms with Crippen molar-refractivity contribution >= 4 is 11.8 Å². The molecule has 4 heteroatoms. The number of rotatable bonds is 2. The second-order valence-electron chi connectivity index (χ2n) is 7.21. The van der Waals surface area contributed by atoms with Gasteiger partial charge in [-0.2, -0.15) is 0 Å². The number of carbonyl (C=O) groups excluding carboxylic acids is 1. The van der Waals surface area contributed by atoms with Crippen molar-refractivity contribution in [3.05, 3.63) is 29.3 Å². The van der Waals surface area contributed by atoms with E-state index < -0.39 is 5.60 Å². The van der Waals surface area contributed by atoms with Crippen LogP contribution in [0.3, 0.4) is 0 Å². The number of ether oxygens (including phenoxy) is 1. The van der Waals surface area contributed by atoms with Crippen molar-refractivity contribution in [3.8, 4) is 0 Å². The average molecular weight is 304 g/mol. The van der Waals surface area contributed by atoms with Gasteiger partial charge in [0.1, 0.15) is 5.60 Å². The van der Waals surface area contributed by atoms with Gasteiger partial charge in [0.25, 0.3) is 0 Å². The number of nitrogens with one attached hydrogen (secondary N) is 1. The van der Waals surface area contributed by atoms with Crippen molar-refractivity contribution in [1.29, 1.82) is 0 Å². The molecule has 1 aliphatic heterocycles. The van der Waals surface area contributed by atoms with Crippen LogP contribution in [-0.2, 0) is 4.74 Å². The van der Waals surface area contributed by atoms with E-state index in [0.29, 0.717) is 6.54 Å². The Balaban J connectivity index is 1.95. The molecule has 0 aromatic heterocycles. The van der Waals surface area contributed by atoms with E-state index >= 15 is 0 Å². The highest BCUT2D eigenvalue weighted by molar-refractivity contribution is 5.68. The van der Waals surface area contributed by atoms with Gasteiger partial charge in [-0.05, 0) is 70.7 Å². The number of piperidine rings is 1. The van der Waals surface area contributed by atoms with Gasteiger partial charge in [0.15, 0.2) is 0 Å². The van der Waals surface area contributed by atoms with E-state index in [1.54, 1.807) is 0 Å². The first-order chi connectivity index (χ1) is 10.2.